The van der Waals surface area contributed by atoms with Crippen LogP contribution in [0.4, 0.5) is 5.69 Å². The first-order valence-corrected chi connectivity index (χ1v) is 9.20. The number of anilines is 1. The summed E-state index contributed by atoms with van der Waals surface area (Å²) < 4.78 is 7.03. The van der Waals surface area contributed by atoms with E-state index >= 15 is 0 Å². The Kier molecular flexibility index (Phi) is 5.11. The maximum atomic E-state index is 12.5. The maximum absolute atomic E-state index is 12.5. The third kappa shape index (κ3) is 4.35. The molecule has 2 heterocycles. The number of methoxy groups -OCH3 is 1. The zero-order chi connectivity index (χ0) is 20.2. The van der Waals surface area contributed by atoms with Crippen LogP contribution in [0.25, 0.3) is 11.3 Å². The average molecular weight is 387 g/mol. The van der Waals surface area contributed by atoms with Gasteiger partial charge in [-0.1, -0.05) is 42.0 Å². The van der Waals surface area contributed by atoms with Crippen LogP contribution >= 0.6 is 0 Å². The second-order valence-corrected chi connectivity index (χ2v) is 6.77. The Hall–Kier alpha value is -3.87. The molecule has 0 saturated carbocycles. The summed E-state index contributed by atoms with van der Waals surface area (Å²) in [6, 6.07) is 17.5. The molecule has 0 aliphatic rings. The minimum Gasteiger partial charge on any atom is -0.497 e. The highest BCUT2D eigenvalue weighted by molar-refractivity contribution is 6.03. The van der Waals surface area contributed by atoms with Crippen molar-refractivity contribution in [1.29, 1.82) is 0 Å². The molecule has 7 heteroatoms. The molecule has 0 unspecified atom stereocenters. The van der Waals surface area contributed by atoms with Gasteiger partial charge in [-0.3, -0.25) is 14.6 Å². The molecule has 29 heavy (non-hydrogen) atoms. The van der Waals surface area contributed by atoms with E-state index in [0.717, 1.165) is 16.9 Å². The summed E-state index contributed by atoms with van der Waals surface area (Å²) in [4.78, 5) is 12.5. The second-order valence-electron chi connectivity index (χ2n) is 6.77. The lowest BCUT2D eigenvalue weighted by Gasteiger charge is -2.03. The number of aryl methyl sites for hydroxylation is 1. The lowest BCUT2D eigenvalue weighted by molar-refractivity contribution is 0.102. The Balaban J connectivity index is 1.43. The van der Waals surface area contributed by atoms with Crippen LogP contribution in [0.1, 0.15) is 21.6 Å². The molecule has 1 amide bonds. The molecule has 0 spiro atoms. The van der Waals surface area contributed by atoms with Crippen molar-refractivity contribution >= 4 is 11.6 Å². The SMILES string of the molecule is COc1cccc(-c2cc(C(=O)Nc3cnn(Cc4cccc(C)c4)c3)[nH]n2)c1. The largest absolute Gasteiger partial charge is 0.497 e. The zero-order valence-corrected chi connectivity index (χ0v) is 16.2. The van der Waals surface area contributed by atoms with Crippen molar-refractivity contribution in [2.24, 2.45) is 0 Å². The topological polar surface area (TPSA) is 84.8 Å². The molecule has 4 rings (SSSR count). The Morgan fingerprint density at radius 2 is 2.03 bits per heavy atom. The molecular formula is C22H21N5O2. The molecule has 0 aliphatic carbocycles. The van der Waals surface area contributed by atoms with Gasteiger partial charge in [0.15, 0.2) is 0 Å². The number of nitrogens with one attached hydrogen (secondary N) is 2. The van der Waals surface area contributed by atoms with Crippen LogP contribution in [-0.4, -0.2) is 33.0 Å². The highest BCUT2D eigenvalue weighted by Gasteiger charge is 2.13. The van der Waals surface area contributed by atoms with Crippen LogP contribution < -0.4 is 10.1 Å². The molecule has 0 bridgehead atoms. The fourth-order valence-corrected chi connectivity index (χ4v) is 3.08. The highest BCUT2D eigenvalue weighted by atomic mass is 16.5. The van der Waals surface area contributed by atoms with E-state index in [-0.39, 0.29) is 5.91 Å². The van der Waals surface area contributed by atoms with Gasteiger partial charge in [0, 0.05) is 11.8 Å². The number of benzene rings is 2. The first kappa shape index (κ1) is 18.5. The van der Waals surface area contributed by atoms with Gasteiger partial charge in [0.2, 0.25) is 0 Å². The van der Waals surface area contributed by atoms with Crippen LogP contribution in [0.3, 0.4) is 0 Å². The summed E-state index contributed by atoms with van der Waals surface area (Å²) in [6.45, 7) is 2.70. The third-order valence-corrected chi connectivity index (χ3v) is 4.51. The number of ether oxygens (including phenoxy) is 1. The highest BCUT2D eigenvalue weighted by Crippen LogP contribution is 2.23. The van der Waals surface area contributed by atoms with Gasteiger partial charge in [-0.05, 0) is 30.7 Å². The number of hydrogen-bond acceptors (Lipinski definition) is 4. The molecule has 0 radical (unpaired) electrons. The maximum Gasteiger partial charge on any atom is 0.273 e. The van der Waals surface area contributed by atoms with Gasteiger partial charge >= 0.3 is 0 Å². The van der Waals surface area contributed by atoms with E-state index < -0.39 is 0 Å². The van der Waals surface area contributed by atoms with Gasteiger partial charge in [0.1, 0.15) is 11.4 Å². The Labute approximate surface area is 168 Å². The molecule has 4 aromatic rings. The van der Waals surface area contributed by atoms with E-state index in [2.05, 4.69) is 45.7 Å². The molecule has 0 aliphatic heterocycles. The standard InChI is InChI=1S/C22H21N5O2/c1-15-5-3-6-16(9-15)13-27-14-18(12-23-27)24-22(28)21-11-20(25-26-21)17-7-4-8-19(10-17)29-2/h3-12,14H,13H2,1-2H3,(H,24,28)(H,25,26). The first-order chi connectivity index (χ1) is 14.1. The number of carbonyl (C=O) groups is 1. The summed E-state index contributed by atoms with van der Waals surface area (Å²) in [6.07, 6.45) is 3.44. The van der Waals surface area contributed by atoms with Crippen molar-refractivity contribution in [3.05, 3.63) is 83.8 Å². The third-order valence-electron chi connectivity index (χ3n) is 4.51. The number of hydrogen-bond donors (Lipinski definition) is 2. The number of nitrogens with zero attached hydrogens (tertiary/aromatic N) is 3. The zero-order valence-electron chi connectivity index (χ0n) is 16.2. The lowest BCUT2D eigenvalue weighted by atomic mass is 10.1. The predicted molar refractivity (Wildman–Crippen MR) is 111 cm³/mol. The Bertz CT molecular complexity index is 1150. The van der Waals surface area contributed by atoms with E-state index in [1.165, 1.54) is 5.56 Å². The van der Waals surface area contributed by atoms with Gasteiger partial charge < -0.3 is 10.1 Å². The van der Waals surface area contributed by atoms with Crippen molar-refractivity contribution < 1.29 is 9.53 Å². The van der Waals surface area contributed by atoms with E-state index in [9.17, 15) is 4.79 Å². The molecule has 2 aromatic heterocycles. The van der Waals surface area contributed by atoms with Gasteiger partial charge in [-0.2, -0.15) is 10.2 Å². The number of aromatic amines is 1. The van der Waals surface area contributed by atoms with Crippen LogP contribution in [0, 0.1) is 6.92 Å². The van der Waals surface area contributed by atoms with Crippen molar-refractivity contribution in [2.75, 3.05) is 12.4 Å². The number of amides is 1. The molecule has 2 N–H and O–H groups in total. The Morgan fingerprint density at radius 1 is 1.17 bits per heavy atom. The molecule has 146 valence electrons. The predicted octanol–water partition coefficient (Wildman–Crippen LogP) is 3.89. The number of aromatic nitrogens is 4. The van der Waals surface area contributed by atoms with Crippen LogP contribution in [0.15, 0.2) is 67.0 Å². The molecule has 7 nitrogen and oxygen atoms in total. The fraction of sp³-hybridized carbons (Fsp3) is 0.136. The summed E-state index contributed by atoms with van der Waals surface area (Å²) >= 11 is 0. The fourth-order valence-electron chi connectivity index (χ4n) is 3.08. The van der Waals surface area contributed by atoms with Crippen molar-refractivity contribution in [3.8, 4) is 17.0 Å². The second kappa shape index (κ2) is 8.02. The van der Waals surface area contributed by atoms with Gasteiger partial charge in [0.05, 0.1) is 31.2 Å². The van der Waals surface area contributed by atoms with E-state index in [0.29, 0.717) is 23.6 Å². The average Bonchev–Trinajstić information content (AvgIpc) is 3.38. The molecule has 2 aromatic carbocycles. The molecule has 0 atom stereocenters. The smallest absolute Gasteiger partial charge is 0.273 e. The summed E-state index contributed by atoms with van der Waals surface area (Å²) in [5, 5.41) is 14.2. The molecule has 0 fully saturated rings. The monoisotopic (exact) mass is 387 g/mol. The van der Waals surface area contributed by atoms with Gasteiger partial charge in [0.25, 0.3) is 5.91 Å². The normalized spacial score (nSPS) is 10.7. The van der Waals surface area contributed by atoms with E-state index in [1.807, 2.05) is 30.3 Å². The van der Waals surface area contributed by atoms with E-state index in [1.54, 1.807) is 30.3 Å². The van der Waals surface area contributed by atoms with Crippen LogP contribution in [0.2, 0.25) is 0 Å². The van der Waals surface area contributed by atoms with E-state index in [4.69, 9.17) is 4.74 Å². The van der Waals surface area contributed by atoms with Gasteiger partial charge in [-0.15, -0.1) is 0 Å². The summed E-state index contributed by atoms with van der Waals surface area (Å²) in [5.41, 5.74) is 4.89. The summed E-state index contributed by atoms with van der Waals surface area (Å²) in [5.74, 6) is 0.458. The first-order valence-electron chi connectivity index (χ1n) is 9.20. The number of H-pyrrole nitrogens is 1. The minimum atomic E-state index is -0.276. The Morgan fingerprint density at radius 3 is 2.86 bits per heavy atom. The van der Waals surface area contributed by atoms with Crippen molar-refractivity contribution in [3.63, 3.8) is 0 Å². The number of carbonyl (C=O) groups excluding carboxylic acids is 1. The van der Waals surface area contributed by atoms with Crippen LogP contribution in [-0.2, 0) is 6.54 Å². The van der Waals surface area contributed by atoms with Crippen molar-refractivity contribution in [1.82, 2.24) is 20.0 Å². The lowest BCUT2D eigenvalue weighted by Crippen LogP contribution is -2.11. The molecular weight excluding hydrogens is 366 g/mol. The van der Waals surface area contributed by atoms with Gasteiger partial charge in [-0.25, -0.2) is 0 Å². The quantitative estimate of drug-likeness (QED) is 0.526. The van der Waals surface area contributed by atoms with Crippen molar-refractivity contribution in [2.45, 2.75) is 13.5 Å². The number of rotatable bonds is 6. The van der Waals surface area contributed by atoms with Crippen LogP contribution in [0.5, 0.6) is 5.75 Å². The minimum absolute atomic E-state index is 0.276. The molecule has 0 saturated heterocycles. The summed E-state index contributed by atoms with van der Waals surface area (Å²) in [7, 11) is 1.61.